The lowest BCUT2D eigenvalue weighted by atomic mass is 10.0. The van der Waals surface area contributed by atoms with Gasteiger partial charge in [-0.3, -0.25) is 4.72 Å². The van der Waals surface area contributed by atoms with Crippen LogP contribution in [0.25, 0.3) is 0 Å². The van der Waals surface area contributed by atoms with E-state index < -0.39 is 38.0 Å². The quantitative estimate of drug-likeness (QED) is 0.764. The Kier molecular flexibility index (Phi) is 4.78. The maximum absolute atomic E-state index is 12.8. The van der Waals surface area contributed by atoms with Crippen LogP contribution in [0.15, 0.2) is 41.4 Å². The number of benzene rings is 1. The number of halogens is 6. The van der Waals surface area contributed by atoms with Crippen molar-refractivity contribution in [2.45, 2.75) is 22.8 Å². The van der Waals surface area contributed by atoms with Crippen LogP contribution >= 0.6 is 11.3 Å². The van der Waals surface area contributed by atoms with Crippen molar-refractivity contribution in [3.05, 3.63) is 41.4 Å². The molecule has 1 aromatic carbocycles. The van der Waals surface area contributed by atoms with Gasteiger partial charge >= 0.3 is 12.4 Å². The first-order valence-electron chi connectivity index (χ1n) is 6.19. The first kappa shape index (κ1) is 19.5. The van der Waals surface area contributed by atoms with E-state index in [0.717, 1.165) is 0 Å². The van der Waals surface area contributed by atoms with Gasteiger partial charge in [0.25, 0.3) is 15.6 Å². The van der Waals surface area contributed by atoms with Gasteiger partial charge in [0.05, 0.1) is 9.77 Å². The van der Waals surface area contributed by atoms with Crippen molar-refractivity contribution in [3.8, 4) is 0 Å². The van der Waals surface area contributed by atoms with Crippen molar-refractivity contribution in [3.63, 3.8) is 0 Å². The molecule has 13 heteroatoms. The molecule has 0 saturated heterocycles. The second-order valence-electron chi connectivity index (χ2n) is 4.65. The molecule has 0 radical (unpaired) electrons. The SMILES string of the molecule is O=S(=O)(Nc1ncc(C(O)(C(F)(F)F)C(F)(F)F)s1)c1ccccc1. The second kappa shape index (κ2) is 6.14. The van der Waals surface area contributed by atoms with E-state index in [1.165, 1.54) is 30.3 Å². The van der Waals surface area contributed by atoms with Gasteiger partial charge in [0.15, 0.2) is 5.13 Å². The number of aliphatic hydroxyl groups is 1. The minimum atomic E-state index is -6.08. The highest BCUT2D eigenvalue weighted by molar-refractivity contribution is 7.93. The number of rotatable bonds is 4. The Morgan fingerprint density at radius 2 is 1.52 bits per heavy atom. The number of anilines is 1. The third-order valence-electron chi connectivity index (χ3n) is 2.96. The van der Waals surface area contributed by atoms with Crippen LogP contribution in [-0.4, -0.2) is 30.9 Å². The van der Waals surface area contributed by atoms with Gasteiger partial charge in [-0.15, -0.1) is 0 Å². The van der Waals surface area contributed by atoms with Crippen molar-refractivity contribution in [2.24, 2.45) is 0 Å². The maximum atomic E-state index is 12.8. The molecule has 5 nitrogen and oxygen atoms in total. The van der Waals surface area contributed by atoms with E-state index in [9.17, 15) is 39.9 Å². The molecule has 0 atom stereocenters. The van der Waals surface area contributed by atoms with Crippen molar-refractivity contribution in [1.82, 2.24) is 4.98 Å². The van der Waals surface area contributed by atoms with Crippen molar-refractivity contribution in [1.29, 1.82) is 0 Å². The summed E-state index contributed by atoms with van der Waals surface area (Å²) in [7, 11) is -4.26. The standard InChI is InChI=1S/C12H8F6N2O3S2/c13-11(14,15)10(21,12(16,17)18)8-6-19-9(24-8)20-25(22,23)7-4-2-1-3-5-7/h1-6,21H,(H,19,20). The molecule has 0 aliphatic heterocycles. The summed E-state index contributed by atoms with van der Waals surface area (Å²) in [6, 6.07) is 6.58. The Hall–Kier alpha value is -1.86. The molecule has 2 N–H and O–H groups in total. The zero-order valence-electron chi connectivity index (χ0n) is 11.8. The molecular formula is C12H8F6N2O3S2. The van der Waals surface area contributed by atoms with Gasteiger partial charge in [0, 0.05) is 6.20 Å². The third kappa shape index (κ3) is 3.57. The lowest BCUT2D eigenvalue weighted by Crippen LogP contribution is -2.53. The summed E-state index contributed by atoms with van der Waals surface area (Å²) >= 11 is -0.276. The van der Waals surface area contributed by atoms with Crippen LogP contribution in [0.1, 0.15) is 4.88 Å². The van der Waals surface area contributed by atoms with Gasteiger partial charge in [-0.05, 0) is 12.1 Å². The summed E-state index contributed by atoms with van der Waals surface area (Å²) in [4.78, 5) is 1.31. The molecule has 0 fully saturated rings. The van der Waals surface area contributed by atoms with E-state index >= 15 is 0 Å². The Morgan fingerprint density at radius 1 is 1.00 bits per heavy atom. The lowest BCUT2D eigenvalue weighted by molar-refractivity contribution is -0.375. The molecule has 2 aromatic rings. The van der Waals surface area contributed by atoms with Gasteiger partial charge in [0.2, 0.25) is 0 Å². The van der Waals surface area contributed by atoms with E-state index in [2.05, 4.69) is 4.98 Å². The Morgan fingerprint density at radius 3 is 2.00 bits per heavy atom. The second-order valence-corrected chi connectivity index (χ2v) is 7.37. The van der Waals surface area contributed by atoms with Crippen LogP contribution in [0, 0.1) is 0 Å². The van der Waals surface area contributed by atoms with Crippen molar-refractivity contribution >= 4 is 26.5 Å². The predicted octanol–water partition coefficient (Wildman–Crippen LogP) is 3.26. The summed E-state index contributed by atoms with van der Waals surface area (Å²) in [5, 5.41) is 8.47. The average molecular weight is 406 g/mol. The molecule has 0 unspecified atom stereocenters. The first-order chi connectivity index (χ1) is 11.3. The Labute approximate surface area is 141 Å². The topological polar surface area (TPSA) is 79.3 Å². The summed E-state index contributed by atoms with van der Waals surface area (Å²) in [5.41, 5.74) is -5.16. The number of thiazole rings is 1. The fraction of sp³-hybridized carbons (Fsp3) is 0.250. The van der Waals surface area contributed by atoms with Crippen LogP contribution in [0.4, 0.5) is 31.5 Å². The van der Waals surface area contributed by atoms with E-state index in [-0.39, 0.29) is 22.4 Å². The van der Waals surface area contributed by atoms with Crippen LogP contribution < -0.4 is 4.72 Å². The zero-order valence-corrected chi connectivity index (χ0v) is 13.4. The van der Waals surface area contributed by atoms with E-state index in [0.29, 0.717) is 0 Å². The van der Waals surface area contributed by atoms with Crippen LogP contribution in [0.5, 0.6) is 0 Å². The molecule has 1 heterocycles. The smallest absolute Gasteiger partial charge is 0.369 e. The van der Waals surface area contributed by atoms with Gasteiger partial charge in [-0.2, -0.15) is 26.3 Å². The normalized spacial score (nSPS) is 13.7. The summed E-state index contributed by atoms with van der Waals surface area (Å²) in [5.74, 6) is 0. The van der Waals surface area contributed by atoms with E-state index in [4.69, 9.17) is 0 Å². The zero-order chi connectivity index (χ0) is 19.1. The van der Waals surface area contributed by atoms with Crippen LogP contribution in [0.3, 0.4) is 0 Å². The lowest BCUT2D eigenvalue weighted by Gasteiger charge is -2.30. The Balaban J connectivity index is 2.40. The highest BCUT2D eigenvalue weighted by atomic mass is 32.2. The molecule has 138 valence electrons. The number of hydrogen-bond donors (Lipinski definition) is 2. The molecule has 25 heavy (non-hydrogen) atoms. The van der Waals surface area contributed by atoms with Gasteiger partial charge < -0.3 is 5.11 Å². The molecule has 0 aliphatic rings. The molecule has 2 rings (SSSR count). The molecule has 0 bridgehead atoms. The first-order valence-corrected chi connectivity index (χ1v) is 8.49. The van der Waals surface area contributed by atoms with Gasteiger partial charge in [-0.25, -0.2) is 13.4 Å². The minimum Gasteiger partial charge on any atom is -0.369 e. The summed E-state index contributed by atoms with van der Waals surface area (Å²) in [6.45, 7) is 0. The highest BCUT2D eigenvalue weighted by Crippen LogP contribution is 2.51. The number of hydrogen-bond acceptors (Lipinski definition) is 5. The maximum Gasteiger partial charge on any atom is 0.431 e. The summed E-state index contributed by atoms with van der Waals surface area (Å²) < 4.78 is 102. The number of nitrogens with one attached hydrogen (secondary N) is 1. The van der Waals surface area contributed by atoms with E-state index in [1.54, 1.807) is 4.72 Å². The molecule has 1 aromatic heterocycles. The molecule has 0 amide bonds. The molecular weight excluding hydrogens is 398 g/mol. The monoisotopic (exact) mass is 406 g/mol. The fourth-order valence-corrected chi connectivity index (χ4v) is 3.91. The molecule has 0 aliphatic carbocycles. The van der Waals surface area contributed by atoms with Gasteiger partial charge in [-0.1, -0.05) is 29.5 Å². The van der Waals surface area contributed by atoms with Crippen molar-refractivity contribution in [2.75, 3.05) is 4.72 Å². The molecule has 0 spiro atoms. The van der Waals surface area contributed by atoms with Gasteiger partial charge in [0.1, 0.15) is 0 Å². The largest absolute Gasteiger partial charge is 0.431 e. The fourth-order valence-electron chi connectivity index (χ4n) is 1.70. The molecule has 0 saturated carbocycles. The Bertz CT molecular complexity index is 832. The van der Waals surface area contributed by atoms with Crippen LogP contribution in [-0.2, 0) is 15.6 Å². The number of sulfonamides is 1. The predicted molar refractivity (Wildman–Crippen MR) is 75.4 cm³/mol. The van der Waals surface area contributed by atoms with Crippen LogP contribution in [0.2, 0.25) is 0 Å². The summed E-state index contributed by atoms with van der Waals surface area (Å²) in [6.07, 6.45) is -12.0. The highest BCUT2D eigenvalue weighted by Gasteiger charge is 2.72. The van der Waals surface area contributed by atoms with Crippen molar-refractivity contribution < 1.29 is 39.9 Å². The average Bonchev–Trinajstić information content (AvgIpc) is 2.93. The number of nitrogens with zero attached hydrogens (tertiary/aromatic N) is 1. The third-order valence-corrected chi connectivity index (χ3v) is 5.46. The number of alkyl halides is 6. The minimum absolute atomic E-state index is 0.120. The van der Waals surface area contributed by atoms with E-state index in [1.807, 2.05) is 0 Å². The number of aromatic nitrogens is 1.